The summed E-state index contributed by atoms with van der Waals surface area (Å²) in [6.45, 7) is 5.63. The fraction of sp³-hybridized carbons (Fsp3) is 0.800. The van der Waals surface area contributed by atoms with Crippen LogP contribution in [0.1, 0.15) is 32.5 Å². The van der Waals surface area contributed by atoms with Crippen molar-refractivity contribution in [2.24, 2.45) is 0 Å². The number of aliphatic hydroxyl groups is 1. The molecule has 1 rings (SSSR count). The fourth-order valence-electron chi connectivity index (χ4n) is 1.29. The van der Waals surface area contributed by atoms with Crippen LogP contribution < -0.4 is 0 Å². The first kappa shape index (κ1) is 12.1. The zero-order valence-corrected chi connectivity index (χ0v) is 9.39. The summed E-state index contributed by atoms with van der Waals surface area (Å²) in [6.07, 6.45) is 3.97. The maximum absolute atomic E-state index is 8.93. The minimum absolute atomic E-state index is 0.0531. The van der Waals surface area contributed by atoms with Crippen LogP contribution >= 0.6 is 0 Å². The molecule has 0 spiro atoms. The number of aliphatic hydroxyl groups excluding tert-OH is 1. The normalized spacial score (nSPS) is 11.2. The molecular weight excluding hydrogens is 194 g/mol. The summed E-state index contributed by atoms with van der Waals surface area (Å²) in [6, 6.07) is 0. The van der Waals surface area contributed by atoms with Gasteiger partial charge in [-0.05, 0) is 26.7 Å². The topological polar surface area (TPSA) is 60.2 Å². The highest BCUT2D eigenvalue weighted by Gasteiger charge is 2.01. The lowest BCUT2D eigenvalue weighted by atomic mass is 10.3. The zero-order chi connectivity index (χ0) is 11.1. The molecule has 5 heteroatoms. The van der Waals surface area contributed by atoms with Gasteiger partial charge >= 0.3 is 0 Å². The summed E-state index contributed by atoms with van der Waals surface area (Å²) in [5.74, 6) is 0.625. The lowest BCUT2D eigenvalue weighted by molar-refractivity contribution is 0.0753. The summed E-state index contributed by atoms with van der Waals surface area (Å²) < 4.78 is 7.30. The first-order valence-electron chi connectivity index (χ1n) is 5.33. The molecule has 0 saturated carbocycles. The lowest BCUT2D eigenvalue weighted by Gasteiger charge is -2.07. The molecule has 0 bridgehead atoms. The lowest BCUT2D eigenvalue weighted by Crippen LogP contribution is -2.07. The standard InChI is InChI=1S/C10H19N3O2/c1-9(2)15-6-4-3-5-13-8-11-12-10(13)7-14/h8-9,14H,3-7H2,1-2H3. The third-order valence-electron chi connectivity index (χ3n) is 2.08. The Hall–Kier alpha value is -0.940. The second-order valence-corrected chi connectivity index (χ2v) is 3.73. The van der Waals surface area contributed by atoms with Crippen LogP contribution in [0.5, 0.6) is 0 Å². The number of aryl methyl sites for hydroxylation is 1. The van der Waals surface area contributed by atoms with Crippen molar-refractivity contribution in [3.8, 4) is 0 Å². The molecule has 0 unspecified atom stereocenters. The number of aromatic nitrogens is 3. The second kappa shape index (κ2) is 6.53. The number of rotatable bonds is 7. The Bertz CT molecular complexity index is 273. The van der Waals surface area contributed by atoms with Gasteiger partial charge in [-0.3, -0.25) is 0 Å². The van der Waals surface area contributed by atoms with Crippen molar-refractivity contribution in [1.29, 1.82) is 0 Å². The highest BCUT2D eigenvalue weighted by Crippen LogP contribution is 2.00. The Morgan fingerprint density at radius 3 is 2.93 bits per heavy atom. The highest BCUT2D eigenvalue weighted by molar-refractivity contribution is 4.81. The number of hydrogen-bond donors (Lipinski definition) is 1. The van der Waals surface area contributed by atoms with E-state index in [1.807, 2.05) is 18.4 Å². The van der Waals surface area contributed by atoms with E-state index in [2.05, 4.69) is 10.2 Å². The molecule has 0 radical (unpaired) electrons. The molecule has 0 aliphatic heterocycles. The third kappa shape index (κ3) is 4.40. The van der Waals surface area contributed by atoms with Crippen molar-refractivity contribution < 1.29 is 9.84 Å². The molecule has 0 aliphatic carbocycles. The zero-order valence-electron chi connectivity index (χ0n) is 9.39. The number of ether oxygens (including phenoxy) is 1. The monoisotopic (exact) mass is 213 g/mol. The van der Waals surface area contributed by atoms with E-state index in [4.69, 9.17) is 9.84 Å². The predicted octanol–water partition coefficient (Wildman–Crippen LogP) is 0.976. The Morgan fingerprint density at radius 2 is 2.27 bits per heavy atom. The van der Waals surface area contributed by atoms with Crippen molar-refractivity contribution in [2.45, 2.75) is 45.9 Å². The Balaban J connectivity index is 2.15. The Labute approximate surface area is 90.1 Å². The highest BCUT2D eigenvalue weighted by atomic mass is 16.5. The van der Waals surface area contributed by atoms with Gasteiger partial charge in [0.05, 0.1) is 6.10 Å². The number of unbranched alkanes of at least 4 members (excludes halogenated alkanes) is 1. The first-order chi connectivity index (χ1) is 7.24. The van der Waals surface area contributed by atoms with Gasteiger partial charge in [0.2, 0.25) is 0 Å². The summed E-state index contributed by atoms with van der Waals surface area (Å²) in [5, 5.41) is 16.5. The van der Waals surface area contributed by atoms with Crippen molar-refractivity contribution in [1.82, 2.24) is 14.8 Å². The van der Waals surface area contributed by atoms with Crippen LogP contribution in [0.4, 0.5) is 0 Å². The van der Waals surface area contributed by atoms with Gasteiger partial charge in [-0.1, -0.05) is 0 Å². The van der Waals surface area contributed by atoms with Gasteiger partial charge in [0.25, 0.3) is 0 Å². The van der Waals surface area contributed by atoms with Crippen molar-refractivity contribution in [2.75, 3.05) is 6.61 Å². The van der Waals surface area contributed by atoms with Gasteiger partial charge in [-0.25, -0.2) is 0 Å². The molecule has 0 atom stereocenters. The Kier molecular flexibility index (Phi) is 5.28. The third-order valence-corrected chi connectivity index (χ3v) is 2.08. The number of hydrogen-bond acceptors (Lipinski definition) is 4. The van der Waals surface area contributed by atoms with Gasteiger partial charge in [0.1, 0.15) is 12.9 Å². The van der Waals surface area contributed by atoms with Crippen molar-refractivity contribution in [3.05, 3.63) is 12.2 Å². The van der Waals surface area contributed by atoms with Crippen molar-refractivity contribution in [3.63, 3.8) is 0 Å². The summed E-state index contributed by atoms with van der Waals surface area (Å²) >= 11 is 0. The van der Waals surface area contributed by atoms with E-state index in [1.165, 1.54) is 0 Å². The van der Waals surface area contributed by atoms with Gasteiger partial charge in [-0.2, -0.15) is 0 Å². The van der Waals surface area contributed by atoms with E-state index in [9.17, 15) is 0 Å². The molecule has 1 N–H and O–H groups in total. The van der Waals surface area contributed by atoms with Gasteiger partial charge in [0.15, 0.2) is 5.82 Å². The Morgan fingerprint density at radius 1 is 1.47 bits per heavy atom. The molecule has 1 heterocycles. The average Bonchev–Trinajstić information content (AvgIpc) is 2.64. The molecule has 1 aromatic heterocycles. The quantitative estimate of drug-likeness (QED) is 0.686. The predicted molar refractivity (Wildman–Crippen MR) is 56.3 cm³/mol. The first-order valence-corrected chi connectivity index (χ1v) is 5.33. The van der Waals surface area contributed by atoms with Crippen LogP contribution in [-0.2, 0) is 17.9 Å². The van der Waals surface area contributed by atoms with Gasteiger partial charge in [-0.15, -0.1) is 10.2 Å². The molecule has 0 saturated heterocycles. The molecule has 5 nitrogen and oxygen atoms in total. The molecule has 0 aromatic carbocycles. The van der Waals surface area contributed by atoms with E-state index in [0.29, 0.717) is 11.9 Å². The van der Waals surface area contributed by atoms with E-state index >= 15 is 0 Å². The number of nitrogens with zero attached hydrogens (tertiary/aromatic N) is 3. The molecule has 0 amide bonds. The average molecular weight is 213 g/mol. The smallest absolute Gasteiger partial charge is 0.158 e. The van der Waals surface area contributed by atoms with E-state index in [1.54, 1.807) is 6.33 Å². The van der Waals surface area contributed by atoms with E-state index < -0.39 is 0 Å². The summed E-state index contributed by atoms with van der Waals surface area (Å²) in [7, 11) is 0. The van der Waals surface area contributed by atoms with Crippen LogP contribution in [0.15, 0.2) is 6.33 Å². The van der Waals surface area contributed by atoms with Crippen LogP contribution in [0.2, 0.25) is 0 Å². The minimum atomic E-state index is -0.0531. The molecule has 0 aliphatic rings. The molecule has 86 valence electrons. The summed E-state index contributed by atoms with van der Waals surface area (Å²) in [5.41, 5.74) is 0. The SMILES string of the molecule is CC(C)OCCCCn1cnnc1CO. The minimum Gasteiger partial charge on any atom is -0.388 e. The molecule has 15 heavy (non-hydrogen) atoms. The van der Waals surface area contributed by atoms with Gasteiger partial charge < -0.3 is 14.4 Å². The van der Waals surface area contributed by atoms with Crippen LogP contribution in [-0.4, -0.2) is 32.6 Å². The van der Waals surface area contributed by atoms with E-state index in [-0.39, 0.29) is 6.61 Å². The van der Waals surface area contributed by atoms with Crippen LogP contribution in [0, 0.1) is 0 Å². The van der Waals surface area contributed by atoms with Crippen LogP contribution in [0.3, 0.4) is 0 Å². The van der Waals surface area contributed by atoms with Crippen LogP contribution in [0.25, 0.3) is 0 Å². The largest absolute Gasteiger partial charge is 0.388 e. The fourth-order valence-corrected chi connectivity index (χ4v) is 1.29. The van der Waals surface area contributed by atoms with Crippen molar-refractivity contribution >= 4 is 0 Å². The molecular formula is C10H19N3O2. The second-order valence-electron chi connectivity index (χ2n) is 3.73. The van der Waals surface area contributed by atoms with Gasteiger partial charge in [0, 0.05) is 13.2 Å². The molecule has 0 fully saturated rings. The maximum atomic E-state index is 8.93. The van der Waals surface area contributed by atoms with E-state index in [0.717, 1.165) is 26.0 Å². The summed E-state index contributed by atoms with van der Waals surface area (Å²) in [4.78, 5) is 0. The molecule has 1 aromatic rings. The maximum Gasteiger partial charge on any atom is 0.158 e.